The van der Waals surface area contributed by atoms with Crippen molar-refractivity contribution in [3.8, 4) is 5.75 Å². The molecule has 0 bridgehead atoms. The average Bonchev–Trinajstić information content (AvgIpc) is 2.78. The number of benzene rings is 2. The summed E-state index contributed by atoms with van der Waals surface area (Å²) in [6.45, 7) is 5.73. The molecular weight excluding hydrogens is 478 g/mol. The van der Waals surface area contributed by atoms with Gasteiger partial charge in [-0.25, -0.2) is 18.0 Å². The molecule has 3 aromatic rings. The number of halogens is 1. The van der Waals surface area contributed by atoms with Crippen LogP contribution in [0.4, 0.5) is 0 Å². The Hall–Kier alpha value is -2.68. The van der Waals surface area contributed by atoms with Gasteiger partial charge in [0.05, 0.1) is 9.92 Å². The normalized spacial score (nSPS) is 12.6. The van der Waals surface area contributed by atoms with E-state index in [0.29, 0.717) is 18.2 Å². The van der Waals surface area contributed by atoms with Crippen LogP contribution in [-0.4, -0.2) is 20.4 Å². The molecule has 1 N–H and O–H groups in total. The lowest BCUT2D eigenvalue weighted by Gasteiger charge is -2.18. The Bertz CT molecular complexity index is 1330. The molecule has 34 heavy (non-hydrogen) atoms. The van der Waals surface area contributed by atoms with Gasteiger partial charge in [0.25, 0.3) is 0 Å². The van der Waals surface area contributed by atoms with Crippen molar-refractivity contribution in [1.82, 2.24) is 4.72 Å². The Balaban J connectivity index is 1.88. The fourth-order valence-corrected chi connectivity index (χ4v) is 4.97. The van der Waals surface area contributed by atoms with Gasteiger partial charge >= 0.3 is 11.6 Å². The van der Waals surface area contributed by atoms with Crippen LogP contribution in [0.25, 0.3) is 11.0 Å². The molecule has 1 atom stereocenters. The lowest BCUT2D eigenvalue weighted by atomic mass is 10.0. The molecule has 2 aromatic carbocycles. The molecule has 9 heteroatoms. The Morgan fingerprint density at radius 2 is 1.82 bits per heavy atom. The number of nitrogens with one attached hydrogen (secondary N) is 1. The van der Waals surface area contributed by atoms with E-state index < -0.39 is 27.7 Å². The van der Waals surface area contributed by atoms with Crippen LogP contribution in [0.1, 0.15) is 50.7 Å². The third kappa shape index (κ3) is 6.25. The van der Waals surface area contributed by atoms with Crippen molar-refractivity contribution in [3.63, 3.8) is 0 Å². The van der Waals surface area contributed by atoms with Gasteiger partial charge in [0, 0.05) is 17.5 Å². The van der Waals surface area contributed by atoms with Gasteiger partial charge in [0.15, 0.2) is 5.75 Å². The Morgan fingerprint density at radius 1 is 1.12 bits per heavy atom. The van der Waals surface area contributed by atoms with E-state index in [0.717, 1.165) is 24.0 Å². The summed E-state index contributed by atoms with van der Waals surface area (Å²) < 4.78 is 38.8. The van der Waals surface area contributed by atoms with Gasteiger partial charge in [-0.05, 0) is 49.9 Å². The zero-order valence-corrected chi connectivity index (χ0v) is 21.0. The minimum absolute atomic E-state index is 0.00871. The predicted octanol–water partition coefficient (Wildman–Crippen LogP) is 5.15. The molecule has 7 nitrogen and oxygen atoms in total. The summed E-state index contributed by atoms with van der Waals surface area (Å²) in [6, 6.07) is 9.62. The molecule has 3 rings (SSSR count). The van der Waals surface area contributed by atoms with Gasteiger partial charge in [-0.1, -0.05) is 56.0 Å². The number of rotatable bonds is 10. The van der Waals surface area contributed by atoms with E-state index in [4.69, 9.17) is 20.8 Å². The lowest BCUT2D eigenvalue weighted by molar-refractivity contribution is -0.136. The standard InChI is InChI=1S/C25H28ClNO6S/c1-4-6-8-17-13-24(28)32-22-15-23(20(26)14-19(17)22)33-25(29)21(7-5-2)27-34(30,31)18-11-9-16(3)10-12-18/h9-15,21,27H,4-8H2,1-3H3/t21-/m1/s1. The van der Waals surface area contributed by atoms with E-state index >= 15 is 0 Å². The van der Waals surface area contributed by atoms with Crippen LogP contribution >= 0.6 is 11.6 Å². The molecule has 0 amide bonds. The number of aryl methyl sites for hydroxylation is 2. The topological polar surface area (TPSA) is 103 Å². The van der Waals surface area contributed by atoms with Gasteiger partial charge < -0.3 is 9.15 Å². The molecule has 0 aliphatic carbocycles. The Morgan fingerprint density at radius 3 is 2.47 bits per heavy atom. The van der Waals surface area contributed by atoms with Crippen LogP contribution in [0.3, 0.4) is 0 Å². The second-order valence-electron chi connectivity index (χ2n) is 8.17. The zero-order chi connectivity index (χ0) is 24.9. The van der Waals surface area contributed by atoms with Crippen LogP contribution in [0, 0.1) is 6.92 Å². The third-order valence-electron chi connectivity index (χ3n) is 5.38. The molecule has 0 saturated carbocycles. The Labute approximate surface area is 204 Å². The number of fused-ring (bicyclic) bond motifs is 1. The number of ether oxygens (including phenoxy) is 1. The molecule has 0 aliphatic rings. The summed E-state index contributed by atoms with van der Waals surface area (Å²) in [5.41, 5.74) is 1.47. The number of hydrogen-bond donors (Lipinski definition) is 1. The lowest BCUT2D eigenvalue weighted by Crippen LogP contribution is -2.42. The number of carbonyl (C=O) groups is 1. The summed E-state index contributed by atoms with van der Waals surface area (Å²) in [6.07, 6.45) is 3.31. The summed E-state index contributed by atoms with van der Waals surface area (Å²) in [5, 5.41) is 0.826. The SMILES string of the molecule is CCCCc1cc(=O)oc2cc(OC(=O)[C@@H](CCC)NS(=O)(=O)c3ccc(C)cc3)c(Cl)cc12. The first-order valence-corrected chi connectivity index (χ1v) is 13.1. The van der Waals surface area contributed by atoms with Crippen LogP contribution in [0.15, 0.2) is 56.6 Å². The van der Waals surface area contributed by atoms with Gasteiger partial charge in [0.2, 0.25) is 10.0 Å². The van der Waals surface area contributed by atoms with E-state index in [2.05, 4.69) is 11.6 Å². The van der Waals surface area contributed by atoms with Crippen molar-refractivity contribution < 1.29 is 22.4 Å². The maximum Gasteiger partial charge on any atom is 0.336 e. The van der Waals surface area contributed by atoms with Gasteiger partial charge in [-0.15, -0.1) is 0 Å². The highest BCUT2D eigenvalue weighted by atomic mass is 35.5. The summed E-state index contributed by atoms with van der Waals surface area (Å²) in [4.78, 5) is 25.0. The molecule has 0 radical (unpaired) electrons. The number of unbranched alkanes of at least 4 members (excludes halogenated alkanes) is 1. The van der Waals surface area contributed by atoms with Crippen molar-refractivity contribution in [1.29, 1.82) is 0 Å². The molecule has 0 saturated heterocycles. The highest BCUT2D eigenvalue weighted by molar-refractivity contribution is 7.89. The van der Waals surface area contributed by atoms with E-state index in [1.54, 1.807) is 18.2 Å². The molecule has 1 aromatic heterocycles. The van der Waals surface area contributed by atoms with Crippen molar-refractivity contribution >= 4 is 38.6 Å². The second kappa shape index (κ2) is 11.2. The molecule has 0 fully saturated rings. The molecule has 0 unspecified atom stereocenters. The first-order valence-electron chi connectivity index (χ1n) is 11.2. The van der Waals surface area contributed by atoms with Gasteiger partial charge in [0.1, 0.15) is 11.6 Å². The minimum atomic E-state index is -3.94. The molecule has 182 valence electrons. The quantitative estimate of drug-likeness (QED) is 0.232. The number of sulfonamides is 1. The molecule has 0 aliphatic heterocycles. The third-order valence-corrected chi connectivity index (χ3v) is 7.17. The first-order chi connectivity index (χ1) is 16.1. The number of esters is 1. The number of carbonyl (C=O) groups excluding carboxylic acids is 1. The van der Waals surface area contributed by atoms with Crippen molar-refractivity contribution in [2.45, 2.75) is 63.8 Å². The van der Waals surface area contributed by atoms with Gasteiger partial charge in [-0.2, -0.15) is 4.72 Å². The summed E-state index contributed by atoms with van der Waals surface area (Å²) in [7, 11) is -3.94. The first kappa shape index (κ1) is 25.9. The fraction of sp³-hybridized carbons (Fsp3) is 0.360. The monoisotopic (exact) mass is 505 g/mol. The second-order valence-corrected chi connectivity index (χ2v) is 10.3. The van der Waals surface area contributed by atoms with Crippen molar-refractivity contribution in [3.05, 3.63) is 69.0 Å². The largest absolute Gasteiger partial charge is 0.424 e. The van der Waals surface area contributed by atoms with Crippen molar-refractivity contribution in [2.24, 2.45) is 0 Å². The molecule has 0 spiro atoms. The van der Waals surface area contributed by atoms with Crippen LogP contribution in [-0.2, 0) is 21.2 Å². The highest BCUT2D eigenvalue weighted by Gasteiger charge is 2.27. The van der Waals surface area contributed by atoms with E-state index in [1.807, 2.05) is 13.8 Å². The summed E-state index contributed by atoms with van der Waals surface area (Å²) >= 11 is 6.38. The van der Waals surface area contributed by atoms with Gasteiger partial charge in [-0.3, -0.25) is 0 Å². The average molecular weight is 506 g/mol. The molecule has 1 heterocycles. The smallest absolute Gasteiger partial charge is 0.336 e. The number of hydrogen-bond acceptors (Lipinski definition) is 6. The van der Waals surface area contributed by atoms with E-state index in [1.165, 1.54) is 24.3 Å². The van der Waals surface area contributed by atoms with E-state index in [9.17, 15) is 18.0 Å². The molecular formula is C25H28ClNO6S. The minimum Gasteiger partial charge on any atom is -0.424 e. The Kier molecular flexibility index (Phi) is 8.52. The van der Waals surface area contributed by atoms with E-state index in [-0.39, 0.29) is 27.7 Å². The predicted molar refractivity (Wildman–Crippen MR) is 132 cm³/mol. The van der Waals surface area contributed by atoms with Crippen LogP contribution in [0.2, 0.25) is 5.02 Å². The van der Waals surface area contributed by atoms with Crippen LogP contribution < -0.4 is 15.1 Å². The highest BCUT2D eigenvalue weighted by Crippen LogP contribution is 2.32. The zero-order valence-electron chi connectivity index (χ0n) is 19.4. The fourth-order valence-electron chi connectivity index (χ4n) is 3.55. The maximum absolute atomic E-state index is 12.9. The van der Waals surface area contributed by atoms with Crippen LogP contribution in [0.5, 0.6) is 5.75 Å². The van der Waals surface area contributed by atoms with Crippen molar-refractivity contribution in [2.75, 3.05) is 0 Å². The summed E-state index contributed by atoms with van der Waals surface area (Å²) in [5.74, 6) is -0.811. The maximum atomic E-state index is 12.9.